The number of ether oxygens (including phenoxy) is 1. The molecule has 141 valence electrons. The largest absolute Gasteiger partial charge is 0.381 e. The number of hydrogen-bond donors (Lipinski definition) is 1. The predicted octanol–water partition coefficient (Wildman–Crippen LogP) is 5.24. The van der Waals surface area contributed by atoms with E-state index in [0.717, 1.165) is 47.9 Å². The molecule has 2 nitrogen and oxygen atoms in total. The van der Waals surface area contributed by atoms with Crippen molar-refractivity contribution in [3.63, 3.8) is 0 Å². The Kier molecular flexibility index (Phi) is 14.3. The van der Waals surface area contributed by atoms with Crippen molar-refractivity contribution < 1.29 is 42.6 Å². The minimum Gasteiger partial charge on any atom is -0.381 e. The zero-order valence-electron chi connectivity index (χ0n) is 16.9. The molecule has 0 bridgehead atoms. The third kappa shape index (κ3) is 8.49. The van der Waals surface area contributed by atoms with Crippen LogP contribution in [-0.2, 0) is 43.9 Å². The maximum Gasteiger partial charge on any atom is 0.118 e. The zero-order valence-corrected chi connectivity index (χ0v) is 19.7. The summed E-state index contributed by atoms with van der Waals surface area (Å²) in [6.45, 7) is 10.0. The summed E-state index contributed by atoms with van der Waals surface area (Å²) in [6.07, 6.45) is 8.52. The van der Waals surface area contributed by atoms with Crippen LogP contribution in [0.4, 0.5) is 0 Å². The van der Waals surface area contributed by atoms with E-state index in [2.05, 4.69) is 31.4 Å². The van der Waals surface area contributed by atoms with Gasteiger partial charge in [0.15, 0.2) is 0 Å². The van der Waals surface area contributed by atoms with Crippen molar-refractivity contribution in [2.24, 2.45) is 0 Å². The summed E-state index contributed by atoms with van der Waals surface area (Å²) in [7, 11) is 1.77. The standard InChI is InChI=1S/C23H33O2.Y/c1-6-8-9-13-20(25-5)14-10-11-15-22(24)23-19(4)17-16-18(3)21(23)12-7-2;/h7,17,20,22,24H,2,6,8-10,12-14H2,1,3-5H3;/q-1;/t20-,22?;/m0./s1. The summed E-state index contributed by atoms with van der Waals surface area (Å²) in [5, 5.41) is 10.6. The van der Waals surface area contributed by atoms with Crippen LogP contribution in [0.3, 0.4) is 0 Å². The summed E-state index contributed by atoms with van der Waals surface area (Å²) in [5.74, 6) is 6.15. The maximum absolute atomic E-state index is 10.6. The molecule has 1 N–H and O–H groups in total. The predicted molar refractivity (Wildman–Crippen MR) is 106 cm³/mol. The molecule has 1 aromatic rings. The van der Waals surface area contributed by atoms with Crippen LogP contribution in [0.1, 0.15) is 73.8 Å². The van der Waals surface area contributed by atoms with Crippen LogP contribution in [-0.4, -0.2) is 18.3 Å². The number of benzene rings is 1. The molecule has 0 aliphatic carbocycles. The molecule has 1 radical (unpaired) electrons. The van der Waals surface area contributed by atoms with Gasteiger partial charge in [-0.25, -0.2) is 0 Å². The number of aliphatic hydroxyl groups excluding tert-OH is 1. The monoisotopic (exact) mass is 430 g/mol. The molecule has 1 unspecified atom stereocenters. The fourth-order valence-electron chi connectivity index (χ4n) is 3.09. The van der Waals surface area contributed by atoms with Crippen LogP contribution in [0.2, 0.25) is 0 Å². The summed E-state index contributed by atoms with van der Waals surface area (Å²) in [6, 6.07) is 5.17. The van der Waals surface area contributed by atoms with Crippen molar-refractivity contribution in [3.05, 3.63) is 47.0 Å². The number of rotatable bonds is 10. The molecule has 0 saturated carbocycles. The Morgan fingerprint density at radius 1 is 1.31 bits per heavy atom. The first kappa shape index (κ1) is 25.5. The van der Waals surface area contributed by atoms with Gasteiger partial charge in [0.05, 0.1) is 6.10 Å². The molecule has 1 aromatic carbocycles. The minimum absolute atomic E-state index is 0. The van der Waals surface area contributed by atoms with Gasteiger partial charge in [-0.3, -0.25) is 0 Å². The fraction of sp³-hybridized carbons (Fsp3) is 0.565. The molecule has 0 heterocycles. The molecular formula is C23H33O2Y-. The van der Waals surface area contributed by atoms with E-state index in [9.17, 15) is 5.11 Å². The molecule has 1 rings (SSSR count). The quantitative estimate of drug-likeness (QED) is 0.238. The second-order valence-electron chi connectivity index (χ2n) is 6.60. The first-order chi connectivity index (χ1) is 12.0. The Morgan fingerprint density at radius 2 is 2.04 bits per heavy atom. The van der Waals surface area contributed by atoms with E-state index >= 15 is 0 Å². The van der Waals surface area contributed by atoms with E-state index in [1.807, 2.05) is 26.0 Å². The van der Waals surface area contributed by atoms with Gasteiger partial charge in [0.2, 0.25) is 0 Å². The van der Waals surface area contributed by atoms with Crippen LogP contribution in [0.5, 0.6) is 0 Å². The Bertz CT molecular complexity index is 598. The molecular weight excluding hydrogens is 397 g/mol. The van der Waals surface area contributed by atoms with Gasteiger partial charge < -0.3 is 9.84 Å². The van der Waals surface area contributed by atoms with Crippen molar-refractivity contribution >= 4 is 0 Å². The van der Waals surface area contributed by atoms with Crippen LogP contribution in [0.25, 0.3) is 0 Å². The summed E-state index contributed by atoms with van der Waals surface area (Å²) in [5.41, 5.74) is 4.08. The van der Waals surface area contributed by atoms with E-state index in [-0.39, 0.29) is 38.8 Å². The molecule has 0 saturated heterocycles. The average molecular weight is 430 g/mol. The van der Waals surface area contributed by atoms with Gasteiger partial charge in [-0.1, -0.05) is 58.5 Å². The molecule has 0 amide bonds. The average Bonchev–Trinajstić information content (AvgIpc) is 2.60. The van der Waals surface area contributed by atoms with Crippen LogP contribution in [0.15, 0.2) is 18.7 Å². The van der Waals surface area contributed by atoms with Crippen LogP contribution >= 0.6 is 0 Å². The van der Waals surface area contributed by atoms with Gasteiger partial charge >= 0.3 is 0 Å². The van der Waals surface area contributed by atoms with Gasteiger partial charge in [0, 0.05) is 46.2 Å². The molecule has 0 spiro atoms. The normalized spacial score (nSPS) is 12.5. The van der Waals surface area contributed by atoms with Gasteiger partial charge in [-0.2, -0.15) is 23.3 Å². The second-order valence-corrected chi connectivity index (χ2v) is 6.60. The summed E-state index contributed by atoms with van der Waals surface area (Å²) in [4.78, 5) is 0. The second kappa shape index (κ2) is 14.6. The number of unbranched alkanes of at least 4 members (excludes halogenated alkanes) is 2. The SMILES string of the molecule is C=CCc1c(C)[c-]cc(C)c1C(O)C#CCC[C@H](CCCCC)OC.[Y]. The van der Waals surface area contributed by atoms with Crippen molar-refractivity contribution in [2.75, 3.05) is 7.11 Å². The van der Waals surface area contributed by atoms with E-state index < -0.39 is 6.10 Å². The van der Waals surface area contributed by atoms with E-state index in [0.29, 0.717) is 0 Å². The van der Waals surface area contributed by atoms with E-state index in [4.69, 9.17) is 4.74 Å². The third-order valence-corrected chi connectivity index (χ3v) is 4.62. The van der Waals surface area contributed by atoms with Crippen molar-refractivity contribution in [2.45, 2.75) is 77.9 Å². The molecule has 0 aromatic heterocycles. The summed E-state index contributed by atoms with van der Waals surface area (Å²) >= 11 is 0. The van der Waals surface area contributed by atoms with Gasteiger partial charge in [-0.15, -0.1) is 23.6 Å². The van der Waals surface area contributed by atoms with E-state index in [1.54, 1.807) is 7.11 Å². The Labute approximate surface area is 185 Å². The topological polar surface area (TPSA) is 29.5 Å². The minimum atomic E-state index is -0.760. The van der Waals surface area contributed by atoms with E-state index in [1.165, 1.54) is 19.3 Å². The smallest absolute Gasteiger partial charge is 0.118 e. The number of aryl methyl sites for hydroxylation is 2. The molecule has 26 heavy (non-hydrogen) atoms. The number of hydrogen-bond acceptors (Lipinski definition) is 2. The van der Waals surface area contributed by atoms with Gasteiger partial charge in [0.1, 0.15) is 6.10 Å². The molecule has 3 heteroatoms. The first-order valence-electron chi connectivity index (χ1n) is 9.35. The third-order valence-electron chi connectivity index (χ3n) is 4.62. The molecule has 2 atom stereocenters. The Morgan fingerprint density at radius 3 is 2.65 bits per heavy atom. The van der Waals surface area contributed by atoms with Gasteiger partial charge in [0.25, 0.3) is 0 Å². The maximum atomic E-state index is 10.6. The number of allylic oxidation sites excluding steroid dienone is 1. The summed E-state index contributed by atoms with van der Waals surface area (Å²) < 4.78 is 5.53. The number of methoxy groups -OCH3 is 1. The van der Waals surface area contributed by atoms with Crippen LogP contribution in [0, 0.1) is 31.8 Å². The van der Waals surface area contributed by atoms with Crippen molar-refractivity contribution in [3.8, 4) is 11.8 Å². The van der Waals surface area contributed by atoms with Crippen LogP contribution < -0.4 is 0 Å². The Balaban J connectivity index is 0.00000625. The molecule has 0 fully saturated rings. The van der Waals surface area contributed by atoms with Crippen molar-refractivity contribution in [1.29, 1.82) is 0 Å². The van der Waals surface area contributed by atoms with Gasteiger partial charge in [-0.05, 0) is 12.8 Å². The molecule has 0 aliphatic heterocycles. The number of aliphatic hydroxyl groups is 1. The van der Waals surface area contributed by atoms with Crippen molar-refractivity contribution in [1.82, 2.24) is 0 Å². The zero-order chi connectivity index (χ0) is 18.7. The Hall–Kier alpha value is -0.456. The molecule has 0 aliphatic rings. The first-order valence-corrected chi connectivity index (χ1v) is 9.35. The fourth-order valence-corrected chi connectivity index (χ4v) is 3.09.